The highest BCUT2D eigenvalue weighted by Gasteiger charge is 2.20. The van der Waals surface area contributed by atoms with Crippen LogP contribution in [0.1, 0.15) is 29.8 Å². The second-order valence-electron chi connectivity index (χ2n) is 5.07. The first-order valence-electron chi connectivity index (χ1n) is 6.25. The summed E-state index contributed by atoms with van der Waals surface area (Å²) in [5, 5.41) is 0. The van der Waals surface area contributed by atoms with E-state index in [1.165, 1.54) is 4.90 Å². The third kappa shape index (κ3) is 3.98. The van der Waals surface area contributed by atoms with E-state index in [4.69, 9.17) is 11.5 Å². The maximum atomic E-state index is 12.5. The van der Waals surface area contributed by atoms with Crippen LogP contribution in [0.5, 0.6) is 0 Å². The standard InChI is InChI=1S/C14H21N3O2/c1-9(2)7-17(8-13(16)18)14(19)11-5-4-6-12(15)10(11)3/h4-6,9H,7-8,15H2,1-3H3,(H2,16,18). The minimum absolute atomic E-state index is 0.0781. The first-order valence-corrected chi connectivity index (χ1v) is 6.25. The fourth-order valence-electron chi connectivity index (χ4n) is 1.90. The molecule has 0 aliphatic carbocycles. The quantitative estimate of drug-likeness (QED) is 0.781. The Morgan fingerprint density at radius 2 is 1.95 bits per heavy atom. The van der Waals surface area contributed by atoms with Gasteiger partial charge in [-0.1, -0.05) is 19.9 Å². The molecule has 0 bridgehead atoms. The average molecular weight is 263 g/mol. The third-order valence-corrected chi connectivity index (χ3v) is 2.83. The zero-order chi connectivity index (χ0) is 14.6. The Labute approximate surface area is 113 Å². The van der Waals surface area contributed by atoms with Crippen LogP contribution in [0.3, 0.4) is 0 Å². The van der Waals surface area contributed by atoms with Crippen LogP contribution >= 0.6 is 0 Å². The van der Waals surface area contributed by atoms with Crippen molar-refractivity contribution in [1.82, 2.24) is 4.90 Å². The van der Waals surface area contributed by atoms with E-state index in [1.807, 2.05) is 13.8 Å². The Morgan fingerprint density at radius 1 is 1.32 bits per heavy atom. The summed E-state index contributed by atoms with van der Waals surface area (Å²) in [6, 6.07) is 5.18. The van der Waals surface area contributed by atoms with E-state index >= 15 is 0 Å². The lowest BCUT2D eigenvalue weighted by Gasteiger charge is -2.24. The molecule has 2 amide bonds. The summed E-state index contributed by atoms with van der Waals surface area (Å²) in [5.41, 5.74) is 12.8. The summed E-state index contributed by atoms with van der Waals surface area (Å²) in [6.07, 6.45) is 0. The number of carbonyl (C=O) groups is 2. The predicted octanol–water partition coefficient (Wildman–Crippen LogP) is 1.16. The number of amides is 2. The molecule has 0 saturated carbocycles. The maximum absolute atomic E-state index is 12.5. The summed E-state index contributed by atoms with van der Waals surface area (Å²) in [5.74, 6) is -0.475. The minimum atomic E-state index is -0.518. The SMILES string of the molecule is Cc1c(N)cccc1C(=O)N(CC(N)=O)CC(C)C. The Balaban J connectivity index is 3.04. The lowest BCUT2D eigenvalue weighted by atomic mass is 10.0. The van der Waals surface area contributed by atoms with Crippen LogP contribution in [0, 0.1) is 12.8 Å². The Hall–Kier alpha value is -2.04. The number of benzene rings is 1. The fourth-order valence-corrected chi connectivity index (χ4v) is 1.90. The molecule has 1 rings (SSSR count). The molecular formula is C14H21N3O2. The topological polar surface area (TPSA) is 89.4 Å². The second-order valence-corrected chi connectivity index (χ2v) is 5.07. The number of nitrogens with zero attached hydrogens (tertiary/aromatic N) is 1. The molecule has 0 fully saturated rings. The van der Waals surface area contributed by atoms with Crippen molar-refractivity contribution in [2.75, 3.05) is 18.8 Å². The number of carbonyl (C=O) groups excluding carboxylic acids is 2. The van der Waals surface area contributed by atoms with Crippen molar-refractivity contribution in [3.05, 3.63) is 29.3 Å². The van der Waals surface area contributed by atoms with Crippen molar-refractivity contribution in [2.45, 2.75) is 20.8 Å². The van der Waals surface area contributed by atoms with Crippen molar-refractivity contribution in [2.24, 2.45) is 11.7 Å². The van der Waals surface area contributed by atoms with Gasteiger partial charge < -0.3 is 16.4 Å². The smallest absolute Gasteiger partial charge is 0.254 e. The molecule has 1 aromatic rings. The van der Waals surface area contributed by atoms with Gasteiger partial charge in [-0.25, -0.2) is 0 Å². The molecule has 0 aliphatic heterocycles. The lowest BCUT2D eigenvalue weighted by Crippen LogP contribution is -2.40. The molecule has 0 aromatic heterocycles. The molecule has 0 spiro atoms. The molecule has 1 aromatic carbocycles. The highest BCUT2D eigenvalue weighted by molar-refractivity contribution is 5.98. The van der Waals surface area contributed by atoms with E-state index in [9.17, 15) is 9.59 Å². The number of nitrogens with two attached hydrogens (primary N) is 2. The molecule has 0 unspecified atom stereocenters. The van der Waals surface area contributed by atoms with Gasteiger partial charge in [0.05, 0.1) is 6.54 Å². The fraction of sp³-hybridized carbons (Fsp3) is 0.429. The van der Waals surface area contributed by atoms with Gasteiger partial charge in [-0.2, -0.15) is 0 Å². The van der Waals surface area contributed by atoms with Crippen molar-refractivity contribution < 1.29 is 9.59 Å². The Morgan fingerprint density at radius 3 is 2.47 bits per heavy atom. The highest BCUT2D eigenvalue weighted by Crippen LogP contribution is 2.18. The van der Waals surface area contributed by atoms with Gasteiger partial charge in [-0.05, 0) is 30.5 Å². The van der Waals surface area contributed by atoms with Crippen LogP contribution in [0.15, 0.2) is 18.2 Å². The molecule has 0 aliphatic rings. The van der Waals surface area contributed by atoms with Crippen LogP contribution in [-0.2, 0) is 4.79 Å². The third-order valence-electron chi connectivity index (χ3n) is 2.83. The van der Waals surface area contributed by atoms with Crippen molar-refractivity contribution in [1.29, 1.82) is 0 Å². The molecule has 19 heavy (non-hydrogen) atoms. The van der Waals surface area contributed by atoms with Crippen molar-refractivity contribution in [3.8, 4) is 0 Å². The largest absolute Gasteiger partial charge is 0.398 e. The van der Waals surface area contributed by atoms with Crippen LogP contribution in [0.2, 0.25) is 0 Å². The van der Waals surface area contributed by atoms with Crippen LogP contribution in [0.25, 0.3) is 0 Å². The van der Waals surface area contributed by atoms with Gasteiger partial charge in [0.15, 0.2) is 0 Å². The van der Waals surface area contributed by atoms with Crippen LogP contribution in [0.4, 0.5) is 5.69 Å². The molecule has 104 valence electrons. The number of rotatable bonds is 5. The number of nitrogen functional groups attached to an aromatic ring is 1. The summed E-state index contributed by atoms with van der Waals surface area (Å²) in [6.45, 7) is 6.16. The van der Waals surface area contributed by atoms with Crippen molar-refractivity contribution in [3.63, 3.8) is 0 Å². The van der Waals surface area contributed by atoms with E-state index in [1.54, 1.807) is 25.1 Å². The summed E-state index contributed by atoms with van der Waals surface area (Å²) >= 11 is 0. The Kier molecular flexibility index (Phi) is 4.92. The van der Waals surface area contributed by atoms with Gasteiger partial charge >= 0.3 is 0 Å². The summed E-state index contributed by atoms with van der Waals surface area (Å²) in [7, 11) is 0. The molecule has 5 heteroatoms. The molecular weight excluding hydrogens is 242 g/mol. The lowest BCUT2D eigenvalue weighted by molar-refractivity contribution is -0.118. The molecule has 0 atom stereocenters. The monoisotopic (exact) mass is 263 g/mol. The van der Waals surface area contributed by atoms with Gasteiger partial charge in [0, 0.05) is 17.8 Å². The molecule has 0 heterocycles. The molecule has 5 nitrogen and oxygen atoms in total. The zero-order valence-electron chi connectivity index (χ0n) is 11.6. The minimum Gasteiger partial charge on any atom is -0.398 e. The second kappa shape index (κ2) is 6.22. The zero-order valence-corrected chi connectivity index (χ0v) is 11.6. The molecule has 4 N–H and O–H groups in total. The van der Waals surface area contributed by atoms with E-state index in [-0.39, 0.29) is 18.4 Å². The summed E-state index contributed by atoms with van der Waals surface area (Å²) in [4.78, 5) is 25.0. The van der Waals surface area contributed by atoms with Gasteiger partial charge in [-0.3, -0.25) is 9.59 Å². The van der Waals surface area contributed by atoms with E-state index in [0.29, 0.717) is 17.8 Å². The Bertz CT molecular complexity index is 484. The van der Waals surface area contributed by atoms with Crippen molar-refractivity contribution >= 4 is 17.5 Å². The number of hydrogen-bond acceptors (Lipinski definition) is 3. The first kappa shape index (κ1) is 15.0. The van der Waals surface area contributed by atoms with Gasteiger partial charge in [-0.15, -0.1) is 0 Å². The van der Waals surface area contributed by atoms with Gasteiger partial charge in [0.25, 0.3) is 5.91 Å². The van der Waals surface area contributed by atoms with E-state index in [2.05, 4.69) is 0 Å². The predicted molar refractivity (Wildman–Crippen MR) is 75.5 cm³/mol. The van der Waals surface area contributed by atoms with Crippen LogP contribution < -0.4 is 11.5 Å². The number of anilines is 1. The molecule has 0 saturated heterocycles. The first-order chi connectivity index (χ1) is 8.82. The van der Waals surface area contributed by atoms with Gasteiger partial charge in [0.2, 0.25) is 5.91 Å². The summed E-state index contributed by atoms with van der Waals surface area (Å²) < 4.78 is 0. The van der Waals surface area contributed by atoms with E-state index < -0.39 is 5.91 Å². The average Bonchev–Trinajstić information content (AvgIpc) is 2.30. The number of primary amides is 1. The van der Waals surface area contributed by atoms with Gasteiger partial charge in [0.1, 0.15) is 0 Å². The van der Waals surface area contributed by atoms with E-state index in [0.717, 1.165) is 5.56 Å². The van der Waals surface area contributed by atoms with Crippen LogP contribution in [-0.4, -0.2) is 29.8 Å². The maximum Gasteiger partial charge on any atom is 0.254 e. The highest BCUT2D eigenvalue weighted by atomic mass is 16.2. The normalized spacial score (nSPS) is 10.5. The number of hydrogen-bond donors (Lipinski definition) is 2. The molecule has 0 radical (unpaired) electrons.